The molecule has 0 aliphatic rings. The van der Waals surface area contributed by atoms with E-state index < -0.39 is 0 Å². The first kappa shape index (κ1) is 10.4. The van der Waals surface area contributed by atoms with Crippen molar-refractivity contribution in [3.63, 3.8) is 0 Å². The van der Waals surface area contributed by atoms with Crippen LogP contribution in [0.2, 0.25) is 0 Å². The molecule has 1 N–H and O–H groups in total. The summed E-state index contributed by atoms with van der Waals surface area (Å²) >= 11 is 4.97. The lowest BCUT2D eigenvalue weighted by Crippen LogP contribution is -2.06. The predicted octanol–water partition coefficient (Wildman–Crippen LogP) is 1.45. The Labute approximate surface area is 82.9 Å². The van der Waals surface area contributed by atoms with E-state index in [4.69, 9.17) is 17.0 Å². The highest BCUT2D eigenvalue weighted by Gasteiger charge is 2.03. The normalized spacial score (nSPS) is 13.2. The Hall–Kier alpha value is -0.680. The number of hydrogen-bond acceptors (Lipinski definition) is 3. The van der Waals surface area contributed by atoms with Crippen LogP contribution in [0, 0.1) is 4.77 Å². The van der Waals surface area contributed by atoms with Gasteiger partial charge in [0, 0.05) is 20.6 Å². The van der Waals surface area contributed by atoms with Gasteiger partial charge in [0.2, 0.25) is 4.77 Å². The van der Waals surface area contributed by atoms with E-state index in [1.54, 1.807) is 11.8 Å². The second-order valence-electron chi connectivity index (χ2n) is 3.10. The highest BCUT2D eigenvalue weighted by molar-refractivity contribution is 7.71. The minimum Gasteiger partial charge on any atom is -0.382 e. The van der Waals surface area contributed by atoms with Crippen LogP contribution in [0.3, 0.4) is 0 Å². The molecule has 0 bridgehead atoms. The highest BCUT2D eigenvalue weighted by Crippen LogP contribution is 2.02. The lowest BCUT2D eigenvalue weighted by molar-refractivity contribution is 0.111. The van der Waals surface area contributed by atoms with Crippen LogP contribution in [0.25, 0.3) is 0 Å². The maximum absolute atomic E-state index is 5.13. The van der Waals surface area contributed by atoms with Crippen molar-refractivity contribution in [2.45, 2.75) is 25.9 Å². The lowest BCUT2D eigenvalue weighted by Gasteiger charge is -2.06. The Bertz CT molecular complexity index is 317. The zero-order valence-electron chi connectivity index (χ0n) is 8.20. The number of hydrogen-bond donors (Lipinski definition) is 1. The molecule has 0 saturated carbocycles. The van der Waals surface area contributed by atoms with Crippen LogP contribution in [-0.4, -0.2) is 28.0 Å². The first-order chi connectivity index (χ1) is 6.13. The molecule has 1 aromatic rings. The molecule has 1 unspecified atom stereocenters. The number of aryl methyl sites for hydroxylation is 2. The van der Waals surface area contributed by atoms with Crippen molar-refractivity contribution < 1.29 is 4.74 Å². The van der Waals surface area contributed by atoms with E-state index >= 15 is 0 Å². The van der Waals surface area contributed by atoms with E-state index in [0.29, 0.717) is 4.77 Å². The van der Waals surface area contributed by atoms with Gasteiger partial charge in [0.15, 0.2) is 0 Å². The fraction of sp³-hybridized carbons (Fsp3) is 0.750. The molecule has 74 valence electrons. The summed E-state index contributed by atoms with van der Waals surface area (Å²) in [5.74, 6) is 0.927. The summed E-state index contributed by atoms with van der Waals surface area (Å²) < 4.78 is 7.47. The van der Waals surface area contributed by atoms with Crippen LogP contribution in [0.1, 0.15) is 19.2 Å². The van der Waals surface area contributed by atoms with E-state index in [2.05, 4.69) is 10.1 Å². The summed E-state index contributed by atoms with van der Waals surface area (Å²) in [5.41, 5.74) is 0. The van der Waals surface area contributed by atoms with Gasteiger partial charge in [0.25, 0.3) is 0 Å². The van der Waals surface area contributed by atoms with Crippen molar-refractivity contribution in [2.75, 3.05) is 7.11 Å². The van der Waals surface area contributed by atoms with Crippen LogP contribution < -0.4 is 0 Å². The molecule has 4 nitrogen and oxygen atoms in total. The van der Waals surface area contributed by atoms with Crippen molar-refractivity contribution >= 4 is 12.2 Å². The zero-order valence-corrected chi connectivity index (χ0v) is 9.02. The molecule has 0 saturated heterocycles. The molecule has 0 fully saturated rings. The Morgan fingerprint density at radius 3 is 2.85 bits per heavy atom. The average Bonchev–Trinajstić information content (AvgIpc) is 2.42. The fourth-order valence-corrected chi connectivity index (χ4v) is 1.18. The van der Waals surface area contributed by atoms with Gasteiger partial charge in [-0.3, -0.25) is 9.78 Å². The molecule has 0 aliphatic carbocycles. The number of aromatic amines is 1. The Balaban J connectivity index is 2.50. The van der Waals surface area contributed by atoms with Crippen LogP contribution in [-0.2, 0) is 18.2 Å². The van der Waals surface area contributed by atoms with E-state index in [0.717, 1.165) is 18.7 Å². The summed E-state index contributed by atoms with van der Waals surface area (Å²) in [6, 6.07) is 0. The first-order valence-corrected chi connectivity index (χ1v) is 4.69. The Morgan fingerprint density at radius 1 is 1.69 bits per heavy atom. The SMILES string of the molecule is COC(C)CCc1nc(=S)n(C)[nH]1. The minimum absolute atomic E-state index is 0.268. The van der Waals surface area contributed by atoms with Gasteiger partial charge in [-0.2, -0.15) is 0 Å². The van der Waals surface area contributed by atoms with Crippen LogP contribution in [0.4, 0.5) is 0 Å². The van der Waals surface area contributed by atoms with Gasteiger partial charge in [-0.15, -0.1) is 0 Å². The topological polar surface area (TPSA) is 42.8 Å². The van der Waals surface area contributed by atoms with E-state index in [1.807, 2.05) is 14.0 Å². The van der Waals surface area contributed by atoms with Gasteiger partial charge >= 0.3 is 0 Å². The van der Waals surface area contributed by atoms with E-state index in [1.165, 1.54) is 0 Å². The number of ether oxygens (including phenoxy) is 1. The second-order valence-corrected chi connectivity index (χ2v) is 3.46. The average molecular weight is 201 g/mol. The van der Waals surface area contributed by atoms with Gasteiger partial charge in [-0.25, -0.2) is 4.98 Å². The second kappa shape index (κ2) is 4.53. The summed E-state index contributed by atoms with van der Waals surface area (Å²) in [6.07, 6.45) is 2.10. The van der Waals surface area contributed by atoms with Gasteiger partial charge in [-0.05, 0) is 25.6 Å². The summed E-state index contributed by atoms with van der Waals surface area (Å²) in [7, 11) is 3.57. The molecule has 13 heavy (non-hydrogen) atoms. The fourth-order valence-electron chi connectivity index (χ4n) is 1.03. The van der Waals surface area contributed by atoms with Crippen molar-refractivity contribution in [3.05, 3.63) is 10.6 Å². The predicted molar refractivity (Wildman–Crippen MR) is 53.2 cm³/mol. The third-order valence-corrected chi connectivity index (χ3v) is 2.37. The number of aromatic nitrogens is 3. The molecule has 1 atom stereocenters. The van der Waals surface area contributed by atoms with Crippen LogP contribution >= 0.6 is 12.2 Å². The van der Waals surface area contributed by atoms with Gasteiger partial charge in [0.1, 0.15) is 5.82 Å². The zero-order chi connectivity index (χ0) is 9.84. The largest absolute Gasteiger partial charge is 0.382 e. The van der Waals surface area contributed by atoms with Crippen LogP contribution in [0.15, 0.2) is 0 Å². The Morgan fingerprint density at radius 2 is 2.38 bits per heavy atom. The number of nitrogens with one attached hydrogen (secondary N) is 1. The van der Waals surface area contributed by atoms with Crippen LogP contribution in [0.5, 0.6) is 0 Å². The van der Waals surface area contributed by atoms with Crippen molar-refractivity contribution in [2.24, 2.45) is 7.05 Å². The van der Waals surface area contributed by atoms with E-state index in [9.17, 15) is 0 Å². The number of nitrogens with zero attached hydrogens (tertiary/aromatic N) is 2. The summed E-state index contributed by atoms with van der Waals surface area (Å²) in [5, 5.41) is 3.07. The number of methoxy groups -OCH3 is 1. The van der Waals surface area contributed by atoms with Gasteiger partial charge < -0.3 is 4.74 Å². The lowest BCUT2D eigenvalue weighted by atomic mass is 10.2. The third kappa shape index (κ3) is 2.93. The number of H-pyrrole nitrogens is 1. The molecular formula is C8H15N3OS. The van der Waals surface area contributed by atoms with Gasteiger partial charge in [-0.1, -0.05) is 0 Å². The molecule has 0 aliphatic heterocycles. The third-order valence-electron chi connectivity index (χ3n) is 2.00. The monoisotopic (exact) mass is 201 g/mol. The highest BCUT2D eigenvalue weighted by atomic mass is 32.1. The molecule has 1 heterocycles. The van der Waals surface area contributed by atoms with Crippen molar-refractivity contribution in [3.8, 4) is 0 Å². The maximum Gasteiger partial charge on any atom is 0.215 e. The van der Waals surface area contributed by atoms with E-state index in [-0.39, 0.29) is 6.10 Å². The smallest absolute Gasteiger partial charge is 0.215 e. The molecule has 0 aromatic carbocycles. The number of rotatable bonds is 4. The molecule has 1 rings (SSSR count). The maximum atomic E-state index is 5.13. The Kier molecular flexibility index (Phi) is 3.62. The summed E-state index contributed by atoms with van der Waals surface area (Å²) in [4.78, 5) is 4.18. The quantitative estimate of drug-likeness (QED) is 0.750. The molecule has 0 spiro atoms. The molecule has 0 radical (unpaired) electrons. The molecule has 0 amide bonds. The standard InChI is InChI=1S/C8H15N3OS/c1-6(12-3)4-5-7-9-8(13)11(2)10-7/h6H,4-5H2,1-3H3,(H,9,10,13). The molecule has 5 heteroatoms. The van der Waals surface area contributed by atoms with Gasteiger partial charge in [0.05, 0.1) is 6.10 Å². The molecule has 1 aromatic heterocycles. The first-order valence-electron chi connectivity index (χ1n) is 4.28. The van der Waals surface area contributed by atoms with Crippen molar-refractivity contribution in [1.82, 2.24) is 14.8 Å². The molecular weight excluding hydrogens is 186 g/mol. The minimum atomic E-state index is 0.268. The summed E-state index contributed by atoms with van der Waals surface area (Å²) in [6.45, 7) is 2.04. The van der Waals surface area contributed by atoms with Crippen molar-refractivity contribution in [1.29, 1.82) is 0 Å².